The van der Waals surface area contributed by atoms with Gasteiger partial charge in [-0.15, -0.1) is 0 Å². The van der Waals surface area contributed by atoms with Crippen molar-refractivity contribution < 1.29 is 13.9 Å². The second kappa shape index (κ2) is 4.45. The second-order valence-electron chi connectivity index (χ2n) is 4.97. The number of carbonyl (C=O) groups excluding carboxylic acids is 1. The SMILES string of the molecule is Cc1ccc(F)c(C(=O)NCC2(C)COC2)c1. The summed E-state index contributed by atoms with van der Waals surface area (Å²) < 4.78 is 18.5. The fourth-order valence-corrected chi connectivity index (χ4v) is 1.75. The first-order chi connectivity index (χ1) is 8.00. The first-order valence-electron chi connectivity index (χ1n) is 5.62. The molecular weight excluding hydrogens is 221 g/mol. The summed E-state index contributed by atoms with van der Waals surface area (Å²) in [5.41, 5.74) is 0.972. The van der Waals surface area contributed by atoms with Crippen LogP contribution in [-0.2, 0) is 4.74 Å². The number of carbonyl (C=O) groups is 1. The summed E-state index contributed by atoms with van der Waals surface area (Å²) in [5.74, 6) is -0.845. The smallest absolute Gasteiger partial charge is 0.254 e. The summed E-state index contributed by atoms with van der Waals surface area (Å²) in [4.78, 5) is 11.8. The Labute approximate surface area is 100.0 Å². The third kappa shape index (κ3) is 2.64. The van der Waals surface area contributed by atoms with Gasteiger partial charge >= 0.3 is 0 Å². The number of aryl methyl sites for hydroxylation is 1. The number of hydrogen-bond acceptors (Lipinski definition) is 2. The van der Waals surface area contributed by atoms with E-state index >= 15 is 0 Å². The normalized spacial score (nSPS) is 17.4. The van der Waals surface area contributed by atoms with E-state index in [0.29, 0.717) is 19.8 Å². The van der Waals surface area contributed by atoms with E-state index < -0.39 is 5.82 Å². The minimum atomic E-state index is -0.483. The molecule has 3 nitrogen and oxygen atoms in total. The van der Waals surface area contributed by atoms with E-state index in [4.69, 9.17) is 4.74 Å². The van der Waals surface area contributed by atoms with Gasteiger partial charge in [0.2, 0.25) is 0 Å². The third-order valence-electron chi connectivity index (χ3n) is 2.94. The lowest BCUT2D eigenvalue weighted by Gasteiger charge is -2.38. The average Bonchev–Trinajstić information content (AvgIpc) is 2.26. The van der Waals surface area contributed by atoms with Crippen molar-refractivity contribution >= 4 is 5.91 Å². The first kappa shape index (κ1) is 12.0. The van der Waals surface area contributed by atoms with Gasteiger partial charge in [-0.05, 0) is 19.1 Å². The molecule has 1 aromatic carbocycles. The summed E-state index contributed by atoms with van der Waals surface area (Å²) in [7, 11) is 0. The molecule has 1 aliphatic heterocycles. The van der Waals surface area contributed by atoms with Gasteiger partial charge in [0, 0.05) is 12.0 Å². The van der Waals surface area contributed by atoms with Crippen LogP contribution in [0.1, 0.15) is 22.8 Å². The monoisotopic (exact) mass is 237 g/mol. The van der Waals surface area contributed by atoms with Crippen LogP contribution in [0.4, 0.5) is 4.39 Å². The van der Waals surface area contributed by atoms with Gasteiger partial charge < -0.3 is 10.1 Å². The van der Waals surface area contributed by atoms with Gasteiger partial charge in [-0.2, -0.15) is 0 Å². The summed E-state index contributed by atoms with van der Waals surface area (Å²) in [6.45, 7) is 5.66. The summed E-state index contributed by atoms with van der Waals surface area (Å²) in [6, 6.07) is 4.52. The molecule has 0 radical (unpaired) electrons. The Morgan fingerprint density at radius 3 is 2.82 bits per heavy atom. The van der Waals surface area contributed by atoms with Crippen molar-refractivity contribution in [3.05, 3.63) is 35.1 Å². The van der Waals surface area contributed by atoms with Crippen LogP contribution < -0.4 is 5.32 Å². The Morgan fingerprint density at radius 2 is 2.24 bits per heavy atom. The van der Waals surface area contributed by atoms with Crippen LogP contribution in [0.25, 0.3) is 0 Å². The fraction of sp³-hybridized carbons (Fsp3) is 0.462. The molecule has 1 amide bonds. The third-order valence-corrected chi connectivity index (χ3v) is 2.94. The van der Waals surface area contributed by atoms with E-state index in [1.807, 2.05) is 13.8 Å². The lowest BCUT2D eigenvalue weighted by atomic mass is 9.88. The zero-order chi connectivity index (χ0) is 12.5. The second-order valence-corrected chi connectivity index (χ2v) is 4.97. The van der Waals surface area contributed by atoms with Crippen LogP contribution in [0, 0.1) is 18.2 Å². The van der Waals surface area contributed by atoms with Crippen LogP contribution in [0.5, 0.6) is 0 Å². The minimum Gasteiger partial charge on any atom is -0.380 e. The topological polar surface area (TPSA) is 38.3 Å². The van der Waals surface area contributed by atoms with Gasteiger partial charge in [0.05, 0.1) is 18.8 Å². The Kier molecular flexibility index (Phi) is 3.15. The van der Waals surface area contributed by atoms with Crippen LogP contribution in [0.15, 0.2) is 18.2 Å². The van der Waals surface area contributed by atoms with E-state index in [1.54, 1.807) is 12.1 Å². The highest BCUT2D eigenvalue weighted by Crippen LogP contribution is 2.25. The number of amides is 1. The van der Waals surface area contributed by atoms with E-state index in [1.165, 1.54) is 6.07 Å². The molecule has 0 bridgehead atoms. The van der Waals surface area contributed by atoms with Crippen molar-refractivity contribution in [3.63, 3.8) is 0 Å². The minimum absolute atomic E-state index is 0.00401. The fourth-order valence-electron chi connectivity index (χ4n) is 1.75. The Hall–Kier alpha value is -1.42. The number of rotatable bonds is 3. The van der Waals surface area contributed by atoms with Crippen LogP contribution in [0.3, 0.4) is 0 Å². The average molecular weight is 237 g/mol. The highest BCUT2D eigenvalue weighted by atomic mass is 19.1. The molecule has 1 saturated heterocycles. The van der Waals surface area contributed by atoms with Gasteiger partial charge in [-0.3, -0.25) is 4.79 Å². The number of halogens is 1. The predicted molar refractivity (Wildman–Crippen MR) is 62.4 cm³/mol. The molecule has 1 aliphatic rings. The standard InChI is InChI=1S/C13H16FNO2/c1-9-3-4-11(14)10(5-9)12(16)15-6-13(2)7-17-8-13/h3-5H,6-8H2,1-2H3,(H,15,16). The molecule has 0 saturated carbocycles. The van der Waals surface area contributed by atoms with Crippen LogP contribution in [0.2, 0.25) is 0 Å². The maximum atomic E-state index is 13.5. The number of benzene rings is 1. The first-order valence-corrected chi connectivity index (χ1v) is 5.62. The largest absolute Gasteiger partial charge is 0.380 e. The van der Waals surface area contributed by atoms with Crippen molar-refractivity contribution in [2.45, 2.75) is 13.8 Å². The van der Waals surface area contributed by atoms with Crippen LogP contribution >= 0.6 is 0 Å². The lowest BCUT2D eigenvalue weighted by molar-refractivity contribution is -0.0978. The Bertz CT molecular complexity index is 441. The predicted octanol–water partition coefficient (Wildman–Crippen LogP) is 1.90. The van der Waals surface area contributed by atoms with E-state index in [2.05, 4.69) is 5.32 Å². The Balaban J connectivity index is 2.01. The van der Waals surface area contributed by atoms with Gasteiger partial charge in [-0.25, -0.2) is 4.39 Å². The molecule has 1 heterocycles. The maximum Gasteiger partial charge on any atom is 0.254 e. The van der Waals surface area contributed by atoms with Crippen molar-refractivity contribution in [2.75, 3.05) is 19.8 Å². The van der Waals surface area contributed by atoms with Crippen LogP contribution in [-0.4, -0.2) is 25.7 Å². The summed E-state index contributed by atoms with van der Waals surface area (Å²) >= 11 is 0. The molecule has 1 aromatic rings. The lowest BCUT2D eigenvalue weighted by Crippen LogP contribution is -2.48. The zero-order valence-corrected chi connectivity index (χ0v) is 10.0. The van der Waals surface area contributed by atoms with E-state index in [9.17, 15) is 9.18 Å². The number of nitrogens with one attached hydrogen (secondary N) is 1. The maximum absolute atomic E-state index is 13.5. The molecule has 1 N–H and O–H groups in total. The van der Waals surface area contributed by atoms with E-state index in [0.717, 1.165) is 5.56 Å². The quantitative estimate of drug-likeness (QED) is 0.872. The van der Waals surface area contributed by atoms with Gasteiger partial charge in [0.1, 0.15) is 5.82 Å². The van der Waals surface area contributed by atoms with Crippen molar-refractivity contribution in [2.24, 2.45) is 5.41 Å². The molecule has 0 spiro atoms. The zero-order valence-electron chi connectivity index (χ0n) is 10.0. The molecule has 0 aliphatic carbocycles. The van der Waals surface area contributed by atoms with Crippen molar-refractivity contribution in [1.29, 1.82) is 0 Å². The summed E-state index contributed by atoms with van der Waals surface area (Å²) in [6.07, 6.45) is 0. The molecule has 2 rings (SSSR count). The van der Waals surface area contributed by atoms with Crippen molar-refractivity contribution in [3.8, 4) is 0 Å². The number of ether oxygens (including phenoxy) is 1. The number of hydrogen-bond donors (Lipinski definition) is 1. The van der Waals surface area contributed by atoms with E-state index in [-0.39, 0.29) is 16.9 Å². The molecule has 0 aromatic heterocycles. The van der Waals surface area contributed by atoms with Gasteiger partial charge in [-0.1, -0.05) is 18.6 Å². The Morgan fingerprint density at radius 1 is 1.53 bits per heavy atom. The molecular formula is C13H16FNO2. The van der Waals surface area contributed by atoms with Crippen molar-refractivity contribution in [1.82, 2.24) is 5.32 Å². The van der Waals surface area contributed by atoms with Gasteiger partial charge in [0.15, 0.2) is 0 Å². The highest BCUT2D eigenvalue weighted by Gasteiger charge is 2.33. The molecule has 1 fully saturated rings. The molecule has 0 unspecified atom stereocenters. The highest BCUT2D eigenvalue weighted by molar-refractivity contribution is 5.94. The molecule has 4 heteroatoms. The van der Waals surface area contributed by atoms with Gasteiger partial charge in [0.25, 0.3) is 5.91 Å². The molecule has 17 heavy (non-hydrogen) atoms. The summed E-state index contributed by atoms with van der Waals surface area (Å²) in [5, 5.41) is 2.75. The molecule has 0 atom stereocenters. The molecule has 92 valence electrons.